The van der Waals surface area contributed by atoms with Gasteiger partial charge in [0.1, 0.15) is 5.82 Å². The molecule has 9 nitrogen and oxygen atoms in total. The Bertz CT molecular complexity index is 928. The molecule has 1 aromatic heterocycles. The largest absolute Gasteiger partial charge is 0.369 e. The molecule has 0 bridgehead atoms. The second-order valence-corrected chi connectivity index (χ2v) is 8.22. The molecule has 0 spiro atoms. The van der Waals surface area contributed by atoms with Gasteiger partial charge in [0.2, 0.25) is 5.91 Å². The molecular formula is C17H22N6O3S. The molecule has 2 heterocycles. The second-order valence-electron chi connectivity index (χ2n) is 6.54. The van der Waals surface area contributed by atoms with Crippen LogP contribution in [-0.2, 0) is 21.2 Å². The van der Waals surface area contributed by atoms with E-state index in [1.165, 1.54) is 12.1 Å². The number of hydrogen-bond acceptors (Lipinski definition) is 7. The second kappa shape index (κ2) is 7.89. The minimum absolute atomic E-state index is 0.0745. The lowest BCUT2D eigenvalue weighted by atomic mass is 10.2. The number of nitrogens with one attached hydrogen (secondary N) is 3. The summed E-state index contributed by atoms with van der Waals surface area (Å²) >= 11 is 0. The first-order chi connectivity index (χ1) is 12.8. The van der Waals surface area contributed by atoms with Crippen molar-refractivity contribution < 1.29 is 13.2 Å². The summed E-state index contributed by atoms with van der Waals surface area (Å²) in [5.74, 6) is 0.564. The summed E-state index contributed by atoms with van der Waals surface area (Å²) < 4.78 is 27.5. The van der Waals surface area contributed by atoms with E-state index in [9.17, 15) is 13.2 Å². The molecule has 1 aromatic carbocycles. The molecule has 10 heteroatoms. The number of carbonyl (C=O) groups is 1. The molecular weight excluding hydrogens is 368 g/mol. The normalized spacial score (nSPS) is 13.4. The third-order valence-electron chi connectivity index (χ3n) is 4.00. The molecule has 27 heavy (non-hydrogen) atoms. The summed E-state index contributed by atoms with van der Waals surface area (Å²) in [5.41, 5.74) is 1.30. The Morgan fingerprint density at radius 1 is 1.15 bits per heavy atom. The van der Waals surface area contributed by atoms with Crippen molar-refractivity contribution >= 4 is 33.3 Å². The van der Waals surface area contributed by atoms with Gasteiger partial charge in [-0.05, 0) is 63.0 Å². The van der Waals surface area contributed by atoms with Crippen molar-refractivity contribution in [3.05, 3.63) is 35.9 Å². The van der Waals surface area contributed by atoms with Gasteiger partial charge in [-0.1, -0.05) is 0 Å². The van der Waals surface area contributed by atoms with Crippen molar-refractivity contribution in [3.63, 3.8) is 0 Å². The smallest absolute Gasteiger partial charge is 0.263 e. The predicted molar refractivity (Wildman–Crippen MR) is 103 cm³/mol. The van der Waals surface area contributed by atoms with Crippen LogP contribution in [0.1, 0.15) is 12.0 Å². The van der Waals surface area contributed by atoms with Crippen molar-refractivity contribution in [2.24, 2.45) is 0 Å². The molecule has 0 unspecified atom stereocenters. The highest BCUT2D eigenvalue weighted by molar-refractivity contribution is 7.92. The fourth-order valence-electron chi connectivity index (χ4n) is 2.66. The molecule has 1 aliphatic rings. The van der Waals surface area contributed by atoms with E-state index < -0.39 is 10.0 Å². The number of aromatic nitrogens is 2. The third kappa shape index (κ3) is 4.92. The number of hydrogen-bond donors (Lipinski definition) is 3. The van der Waals surface area contributed by atoms with E-state index >= 15 is 0 Å². The average Bonchev–Trinajstić information content (AvgIpc) is 2.99. The SMILES string of the molecule is CN(C)CCCNc1ccc(NS(=O)(=O)c2ccc3c(c2)CC(=O)N3)nn1. The van der Waals surface area contributed by atoms with Gasteiger partial charge >= 0.3 is 0 Å². The van der Waals surface area contributed by atoms with Crippen LogP contribution in [0.15, 0.2) is 35.2 Å². The van der Waals surface area contributed by atoms with Gasteiger partial charge in [-0.3, -0.25) is 9.52 Å². The number of carbonyl (C=O) groups excluding carboxylic acids is 1. The topological polar surface area (TPSA) is 116 Å². The molecule has 0 aliphatic carbocycles. The monoisotopic (exact) mass is 390 g/mol. The molecule has 3 N–H and O–H groups in total. The maximum atomic E-state index is 12.5. The molecule has 0 saturated carbocycles. The summed E-state index contributed by atoms with van der Waals surface area (Å²) in [5, 5.41) is 13.7. The van der Waals surface area contributed by atoms with Crippen LogP contribution in [0.5, 0.6) is 0 Å². The molecule has 144 valence electrons. The number of amides is 1. The van der Waals surface area contributed by atoms with E-state index in [-0.39, 0.29) is 23.0 Å². The third-order valence-corrected chi connectivity index (χ3v) is 5.36. The molecule has 0 radical (unpaired) electrons. The average molecular weight is 390 g/mol. The zero-order valence-corrected chi connectivity index (χ0v) is 16.0. The predicted octanol–water partition coefficient (Wildman–Crippen LogP) is 1.14. The fraction of sp³-hybridized carbons (Fsp3) is 0.353. The zero-order chi connectivity index (χ0) is 19.4. The lowest BCUT2D eigenvalue weighted by Crippen LogP contribution is -2.17. The van der Waals surface area contributed by atoms with Gasteiger partial charge in [0.25, 0.3) is 10.0 Å². The summed E-state index contributed by atoms with van der Waals surface area (Å²) in [4.78, 5) is 13.6. The van der Waals surface area contributed by atoms with Gasteiger partial charge in [-0.25, -0.2) is 8.42 Å². The Hall–Kier alpha value is -2.72. The van der Waals surface area contributed by atoms with Crippen LogP contribution < -0.4 is 15.4 Å². The first-order valence-electron chi connectivity index (χ1n) is 8.51. The highest BCUT2D eigenvalue weighted by Gasteiger charge is 2.22. The molecule has 0 saturated heterocycles. The summed E-state index contributed by atoms with van der Waals surface area (Å²) in [6, 6.07) is 7.74. The maximum Gasteiger partial charge on any atom is 0.263 e. The lowest BCUT2D eigenvalue weighted by Gasteiger charge is -2.11. The van der Waals surface area contributed by atoms with Crippen LogP contribution in [0.4, 0.5) is 17.3 Å². The van der Waals surface area contributed by atoms with Crippen LogP contribution in [0.2, 0.25) is 0 Å². The van der Waals surface area contributed by atoms with Crippen molar-refractivity contribution in [2.45, 2.75) is 17.7 Å². The standard InChI is InChI=1S/C17H22N6O3S/c1-23(2)9-3-8-18-15-6-7-16(21-20-15)22-27(25,26)13-4-5-14-12(10-13)11-17(24)19-14/h4-7,10H,3,8-9,11H2,1-2H3,(H,18,20)(H,19,24)(H,21,22). The van der Waals surface area contributed by atoms with Gasteiger partial charge in [0.15, 0.2) is 5.82 Å². The molecule has 2 aromatic rings. The van der Waals surface area contributed by atoms with E-state index in [0.717, 1.165) is 19.5 Å². The van der Waals surface area contributed by atoms with Crippen molar-refractivity contribution in [1.29, 1.82) is 0 Å². The Labute approximate surface area is 158 Å². The van der Waals surface area contributed by atoms with Gasteiger partial charge in [0, 0.05) is 12.2 Å². The van der Waals surface area contributed by atoms with Crippen LogP contribution in [0.3, 0.4) is 0 Å². The Morgan fingerprint density at radius 2 is 1.89 bits per heavy atom. The number of anilines is 3. The van der Waals surface area contributed by atoms with E-state index in [4.69, 9.17) is 0 Å². The Morgan fingerprint density at radius 3 is 2.59 bits per heavy atom. The van der Waals surface area contributed by atoms with Crippen molar-refractivity contribution in [1.82, 2.24) is 15.1 Å². The lowest BCUT2D eigenvalue weighted by molar-refractivity contribution is -0.115. The van der Waals surface area contributed by atoms with Crippen LogP contribution in [0.25, 0.3) is 0 Å². The first-order valence-corrected chi connectivity index (χ1v) is 10.00. The van der Waals surface area contributed by atoms with E-state index in [0.29, 0.717) is 17.1 Å². The molecule has 0 atom stereocenters. The maximum absolute atomic E-state index is 12.5. The molecule has 1 amide bonds. The number of benzene rings is 1. The Kier molecular flexibility index (Phi) is 5.57. The summed E-state index contributed by atoms with van der Waals surface area (Å²) in [6.07, 6.45) is 1.13. The summed E-state index contributed by atoms with van der Waals surface area (Å²) in [6.45, 7) is 1.71. The molecule has 1 aliphatic heterocycles. The van der Waals surface area contributed by atoms with Gasteiger partial charge in [0.05, 0.1) is 11.3 Å². The van der Waals surface area contributed by atoms with E-state index in [1.54, 1.807) is 18.2 Å². The first kappa shape index (κ1) is 19.1. The summed E-state index contributed by atoms with van der Waals surface area (Å²) in [7, 11) is 0.207. The van der Waals surface area contributed by atoms with E-state index in [2.05, 4.69) is 30.5 Å². The number of fused-ring (bicyclic) bond motifs is 1. The quantitative estimate of drug-likeness (QED) is 0.579. The van der Waals surface area contributed by atoms with Crippen molar-refractivity contribution in [3.8, 4) is 0 Å². The number of rotatable bonds is 8. The van der Waals surface area contributed by atoms with E-state index in [1.807, 2.05) is 14.1 Å². The van der Waals surface area contributed by atoms with Gasteiger partial charge < -0.3 is 15.5 Å². The zero-order valence-electron chi connectivity index (χ0n) is 15.2. The van der Waals surface area contributed by atoms with Crippen LogP contribution >= 0.6 is 0 Å². The highest BCUT2D eigenvalue weighted by Crippen LogP contribution is 2.26. The highest BCUT2D eigenvalue weighted by atomic mass is 32.2. The van der Waals surface area contributed by atoms with Crippen LogP contribution in [0, 0.1) is 0 Å². The van der Waals surface area contributed by atoms with Gasteiger partial charge in [-0.15, -0.1) is 10.2 Å². The number of sulfonamides is 1. The Balaban J connectivity index is 1.62. The van der Waals surface area contributed by atoms with Crippen LogP contribution in [-0.4, -0.2) is 56.6 Å². The fourth-order valence-corrected chi connectivity index (χ4v) is 3.71. The van der Waals surface area contributed by atoms with Crippen molar-refractivity contribution in [2.75, 3.05) is 42.5 Å². The minimum Gasteiger partial charge on any atom is -0.369 e. The molecule has 3 rings (SSSR count). The number of nitrogens with zero attached hydrogens (tertiary/aromatic N) is 3. The van der Waals surface area contributed by atoms with Gasteiger partial charge in [-0.2, -0.15) is 0 Å². The minimum atomic E-state index is -3.81. The molecule has 0 fully saturated rings.